The number of nitrogens with one attached hydrogen (secondary N) is 3. The number of aromatic nitrogens is 1. The third-order valence-corrected chi connectivity index (χ3v) is 6.78. The SMILES string of the molecule is C=C(C#N)CNc1c(OC)ccc2ccc(-c3cc(NC(=O)C4CCN(C)CC4)cc(C(=O)NC)n3)cc12. The summed E-state index contributed by atoms with van der Waals surface area (Å²) in [4.78, 5) is 32.4. The van der Waals surface area contributed by atoms with Gasteiger partial charge in [0.15, 0.2) is 0 Å². The normalized spacial score (nSPS) is 13.9. The molecular formula is C29H32N6O3. The molecule has 1 fully saturated rings. The van der Waals surface area contributed by atoms with E-state index in [9.17, 15) is 9.59 Å². The van der Waals surface area contributed by atoms with Crippen LogP contribution in [-0.2, 0) is 4.79 Å². The van der Waals surface area contributed by atoms with Crippen LogP contribution in [0.4, 0.5) is 11.4 Å². The molecule has 1 aliphatic rings. The molecule has 9 heteroatoms. The first-order valence-corrected chi connectivity index (χ1v) is 12.5. The number of likely N-dealkylation sites (tertiary alicyclic amines) is 1. The van der Waals surface area contributed by atoms with Crippen LogP contribution in [0.1, 0.15) is 23.3 Å². The smallest absolute Gasteiger partial charge is 0.269 e. The van der Waals surface area contributed by atoms with Gasteiger partial charge in [-0.25, -0.2) is 4.98 Å². The summed E-state index contributed by atoms with van der Waals surface area (Å²) in [6, 6.07) is 15.1. The summed E-state index contributed by atoms with van der Waals surface area (Å²) in [6.45, 7) is 5.77. The number of carbonyl (C=O) groups is 2. The van der Waals surface area contributed by atoms with E-state index in [2.05, 4.69) is 39.5 Å². The maximum absolute atomic E-state index is 13.0. The van der Waals surface area contributed by atoms with Gasteiger partial charge in [0.25, 0.3) is 5.91 Å². The van der Waals surface area contributed by atoms with Gasteiger partial charge in [0.05, 0.1) is 24.6 Å². The van der Waals surface area contributed by atoms with Crippen molar-refractivity contribution < 1.29 is 14.3 Å². The number of anilines is 2. The summed E-state index contributed by atoms with van der Waals surface area (Å²) >= 11 is 0. The summed E-state index contributed by atoms with van der Waals surface area (Å²) in [6.07, 6.45) is 1.59. The molecule has 2 aromatic carbocycles. The second-order valence-corrected chi connectivity index (χ2v) is 9.42. The minimum Gasteiger partial charge on any atom is -0.495 e. The van der Waals surface area contributed by atoms with Gasteiger partial charge in [0, 0.05) is 41.7 Å². The monoisotopic (exact) mass is 512 g/mol. The zero-order valence-corrected chi connectivity index (χ0v) is 21.9. The molecule has 9 nitrogen and oxygen atoms in total. The molecule has 0 aliphatic carbocycles. The molecule has 0 spiro atoms. The number of amides is 2. The van der Waals surface area contributed by atoms with E-state index in [-0.39, 0.29) is 30.0 Å². The summed E-state index contributed by atoms with van der Waals surface area (Å²) < 4.78 is 5.56. The van der Waals surface area contributed by atoms with Gasteiger partial charge in [-0.1, -0.05) is 24.8 Å². The van der Waals surface area contributed by atoms with Gasteiger partial charge in [-0.3, -0.25) is 9.59 Å². The van der Waals surface area contributed by atoms with E-state index in [0.717, 1.165) is 48.0 Å². The lowest BCUT2D eigenvalue weighted by atomic mass is 9.96. The molecule has 1 aromatic heterocycles. The number of ether oxygens (including phenoxy) is 1. The lowest BCUT2D eigenvalue weighted by Crippen LogP contribution is -2.36. The number of nitriles is 1. The number of methoxy groups -OCH3 is 1. The van der Waals surface area contributed by atoms with Gasteiger partial charge in [0.2, 0.25) is 5.91 Å². The highest BCUT2D eigenvalue weighted by Gasteiger charge is 2.24. The standard InChI is InChI=1S/C29H32N6O3/c1-18(16-30)17-32-27-23-13-21(6-5-19(23)7-8-26(27)38-4)24-14-22(15-25(34-24)29(37)31-2)33-28(36)20-9-11-35(3)12-10-20/h5-8,13-15,20,32H,1,9-12,17H2,2-4H3,(H,31,37)(H,33,34,36). The number of piperidine rings is 1. The molecular weight excluding hydrogens is 480 g/mol. The summed E-state index contributed by atoms with van der Waals surface area (Å²) in [7, 11) is 5.19. The van der Waals surface area contributed by atoms with Crippen molar-refractivity contribution in [1.82, 2.24) is 15.2 Å². The van der Waals surface area contributed by atoms with E-state index in [0.29, 0.717) is 22.7 Å². The Hall–Kier alpha value is -4.42. The van der Waals surface area contributed by atoms with Crippen molar-refractivity contribution in [2.75, 3.05) is 51.5 Å². The number of benzene rings is 2. The molecule has 3 N–H and O–H groups in total. The Morgan fingerprint density at radius 2 is 1.92 bits per heavy atom. The third kappa shape index (κ3) is 5.93. The summed E-state index contributed by atoms with van der Waals surface area (Å²) in [5.74, 6) is 0.154. The molecule has 0 radical (unpaired) electrons. The second kappa shape index (κ2) is 11.8. The van der Waals surface area contributed by atoms with Crippen LogP contribution in [0.2, 0.25) is 0 Å². The Morgan fingerprint density at radius 1 is 1.18 bits per heavy atom. The fraction of sp³-hybridized carbons (Fsp3) is 0.310. The van der Waals surface area contributed by atoms with Gasteiger partial charge in [-0.2, -0.15) is 5.26 Å². The zero-order valence-electron chi connectivity index (χ0n) is 21.9. The van der Waals surface area contributed by atoms with Crippen molar-refractivity contribution in [3.8, 4) is 23.1 Å². The van der Waals surface area contributed by atoms with Crippen LogP contribution in [0.25, 0.3) is 22.0 Å². The fourth-order valence-corrected chi connectivity index (χ4v) is 4.56. The van der Waals surface area contributed by atoms with Crippen molar-refractivity contribution in [3.05, 3.63) is 60.3 Å². The quantitative estimate of drug-likeness (QED) is 0.390. The van der Waals surface area contributed by atoms with E-state index in [1.165, 1.54) is 0 Å². The zero-order chi connectivity index (χ0) is 27.2. The molecule has 2 heterocycles. The van der Waals surface area contributed by atoms with Crippen LogP contribution >= 0.6 is 0 Å². The highest BCUT2D eigenvalue weighted by Crippen LogP contribution is 2.36. The van der Waals surface area contributed by atoms with Gasteiger partial charge in [-0.05, 0) is 62.6 Å². The molecule has 2 amide bonds. The topological polar surface area (TPSA) is 119 Å². The first-order chi connectivity index (χ1) is 18.3. The molecule has 0 saturated carbocycles. The number of hydrogen-bond acceptors (Lipinski definition) is 7. The van der Waals surface area contributed by atoms with Gasteiger partial charge >= 0.3 is 0 Å². The predicted molar refractivity (Wildman–Crippen MR) is 149 cm³/mol. The number of pyridine rings is 1. The Balaban J connectivity index is 1.73. The van der Waals surface area contributed by atoms with Crippen molar-refractivity contribution in [3.63, 3.8) is 0 Å². The second-order valence-electron chi connectivity index (χ2n) is 9.42. The van der Waals surface area contributed by atoms with Crippen molar-refractivity contribution in [2.45, 2.75) is 12.8 Å². The van der Waals surface area contributed by atoms with Crippen molar-refractivity contribution >= 4 is 34.0 Å². The average molecular weight is 513 g/mol. The van der Waals surface area contributed by atoms with Crippen LogP contribution in [0.15, 0.2) is 54.6 Å². The molecule has 38 heavy (non-hydrogen) atoms. The molecule has 0 unspecified atom stereocenters. The fourth-order valence-electron chi connectivity index (χ4n) is 4.56. The maximum atomic E-state index is 13.0. The Bertz CT molecular complexity index is 1420. The summed E-state index contributed by atoms with van der Waals surface area (Å²) in [5, 5.41) is 19.8. The minimum atomic E-state index is -0.346. The average Bonchev–Trinajstić information content (AvgIpc) is 2.94. The molecule has 1 aliphatic heterocycles. The van der Waals surface area contributed by atoms with Crippen LogP contribution in [0, 0.1) is 17.2 Å². The van der Waals surface area contributed by atoms with Gasteiger partial charge in [0.1, 0.15) is 11.4 Å². The lowest BCUT2D eigenvalue weighted by Gasteiger charge is -2.28. The number of carbonyl (C=O) groups excluding carboxylic acids is 2. The molecule has 1 saturated heterocycles. The van der Waals surface area contributed by atoms with Crippen LogP contribution < -0.4 is 20.7 Å². The van der Waals surface area contributed by atoms with Crippen molar-refractivity contribution in [2.24, 2.45) is 5.92 Å². The largest absolute Gasteiger partial charge is 0.495 e. The lowest BCUT2D eigenvalue weighted by molar-refractivity contribution is -0.121. The molecule has 3 aromatic rings. The first kappa shape index (κ1) is 26.6. The Morgan fingerprint density at radius 3 is 2.61 bits per heavy atom. The number of fused-ring (bicyclic) bond motifs is 1. The maximum Gasteiger partial charge on any atom is 0.269 e. The molecule has 4 rings (SSSR count). The van der Waals surface area contributed by atoms with Gasteiger partial charge in [-0.15, -0.1) is 0 Å². The van der Waals surface area contributed by atoms with E-state index in [1.54, 1.807) is 26.3 Å². The van der Waals surface area contributed by atoms with E-state index >= 15 is 0 Å². The van der Waals surface area contributed by atoms with Crippen LogP contribution in [0.3, 0.4) is 0 Å². The Labute approximate surface area is 222 Å². The number of nitrogens with zero attached hydrogens (tertiary/aromatic N) is 3. The van der Waals surface area contributed by atoms with Crippen LogP contribution in [-0.4, -0.2) is 62.5 Å². The first-order valence-electron chi connectivity index (χ1n) is 12.5. The van der Waals surface area contributed by atoms with Crippen molar-refractivity contribution in [1.29, 1.82) is 5.26 Å². The Kier molecular flexibility index (Phi) is 8.24. The van der Waals surface area contributed by atoms with Gasteiger partial charge < -0.3 is 25.6 Å². The van der Waals surface area contributed by atoms with E-state index in [1.807, 2.05) is 36.4 Å². The van der Waals surface area contributed by atoms with E-state index < -0.39 is 0 Å². The molecule has 0 bridgehead atoms. The van der Waals surface area contributed by atoms with E-state index in [4.69, 9.17) is 10.00 Å². The predicted octanol–water partition coefficient (Wildman–Crippen LogP) is 4.04. The third-order valence-electron chi connectivity index (χ3n) is 6.78. The highest BCUT2D eigenvalue weighted by molar-refractivity contribution is 6.01. The minimum absolute atomic E-state index is 0.0504. The summed E-state index contributed by atoms with van der Waals surface area (Å²) in [5.41, 5.74) is 3.15. The molecule has 0 atom stereocenters. The molecule has 196 valence electrons. The number of hydrogen-bond donors (Lipinski definition) is 3. The highest BCUT2D eigenvalue weighted by atomic mass is 16.5. The number of rotatable bonds is 8. The van der Waals surface area contributed by atoms with Crippen LogP contribution in [0.5, 0.6) is 5.75 Å².